The van der Waals surface area contributed by atoms with E-state index in [0.717, 1.165) is 29.8 Å². The predicted molar refractivity (Wildman–Crippen MR) is 73.4 cm³/mol. The fourth-order valence-electron chi connectivity index (χ4n) is 1.77. The van der Waals surface area contributed by atoms with Crippen LogP contribution < -0.4 is 5.32 Å². The summed E-state index contributed by atoms with van der Waals surface area (Å²) < 4.78 is 0. The molecular weight excluding hydrogens is 210 g/mol. The van der Waals surface area contributed by atoms with Gasteiger partial charge in [-0.2, -0.15) is 0 Å². The molecule has 96 valence electrons. The molecule has 1 N–H and O–H groups in total. The van der Waals surface area contributed by atoms with Crippen LogP contribution in [0, 0.1) is 12.8 Å². The Morgan fingerprint density at radius 1 is 1.18 bits per heavy atom. The van der Waals surface area contributed by atoms with Crippen molar-refractivity contribution >= 4 is 5.82 Å². The van der Waals surface area contributed by atoms with Crippen molar-refractivity contribution in [3.63, 3.8) is 0 Å². The Balaban J connectivity index is 2.70. The van der Waals surface area contributed by atoms with Gasteiger partial charge in [-0.15, -0.1) is 0 Å². The van der Waals surface area contributed by atoms with E-state index in [1.54, 1.807) is 0 Å². The Kier molecular flexibility index (Phi) is 5.39. The van der Waals surface area contributed by atoms with Gasteiger partial charge in [0.15, 0.2) is 0 Å². The van der Waals surface area contributed by atoms with E-state index in [9.17, 15) is 0 Å². The van der Waals surface area contributed by atoms with Gasteiger partial charge in [-0.05, 0) is 12.8 Å². The average molecular weight is 235 g/mol. The molecule has 1 rings (SSSR count). The summed E-state index contributed by atoms with van der Waals surface area (Å²) in [5.74, 6) is 3.00. The van der Waals surface area contributed by atoms with Gasteiger partial charge in [0.2, 0.25) is 0 Å². The fraction of sp³-hybridized carbons (Fsp3) is 0.714. The maximum absolute atomic E-state index is 4.55. The molecule has 3 nitrogen and oxygen atoms in total. The molecule has 0 amide bonds. The Morgan fingerprint density at radius 3 is 2.35 bits per heavy atom. The van der Waals surface area contributed by atoms with E-state index in [0.29, 0.717) is 5.92 Å². The summed E-state index contributed by atoms with van der Waals surface area (Å²) in [5, 5.41) is 3.43. The molecule has 0 saturated carbocycles. The standard InChI is InChI=1S/C14H25N3/c1-6-12(7-2)9-15-13-8-11(5)16-14(17-13)10(3)4/h8,10,12H,6-7,9H2,1-5H3,(H,15,16,17). The minimum Gasteiger partial charge on any atom is -0.370 e. The summed E-state index contributed by atoms with van der Waals surface area (Å²) >= 11 is 0. The van der Waals surface area contributed by atoms with Gasteiger partial charge in [0.25, 0.3) is 0 Å². The quantitative estimate of drug-likeness (QED) is 0.816. The summed E-state index contributed by atoms with van der Waals surface area (Å²) in [6.07, 6.45) is 2.43. The molecule has 0 atom stereocenters. The predicted octanol–water partition coefficient (Wildman–Crippen LogP) is 3.76. The van der Waals surface area contributed by atoms with Crippen molar-refractivity contribution in [1.82, 2.24) is 9.97 Å². The second-order valence-electron chi connectivity index (χ2n) is 4.97. The second-order valence-corrected chi connectivity index (χ2v) is 4.97. The Bertz CT molecular complexity index is 343. The molecule has 3 heteroatoms. The molecular formula is C14H25N3. The summed E-state index contributed by atoms with van der Waals surface area (Å²) in [6.45, 7) is 11.7. The van der Waals surface area contributed by atoms with Crippen LogP contribution in [0.25, 0.3) is 0 Å². The van der Waals surface area contributed by atoms with Gasteiger partial charge < -0.3 is 5.32 Å². The number of nitrogens with zero attached hydrogens (tertiary/aromatic N) is 2. The Labute approximate surface area is 105 Å². The highest BCUT2D eigenvalue weighted by molar-refractivity contribution is 5.36. The molecule has 1 heterocycles. The smallest absolute Gasteiger partial charge is 0.133 e. The van der Waals surface area contributed by atoms with E-state index < -0.39 is 0 Å². The summed E-state index contributed by atoms with van der Waals surface area (Å²) in [4.78, 5) is 9.00. The normalized spacial score (nSPS) is 11.2. The summed E-state index contributed by atoms with van der Waals surface area (Å²) in [5.41, 5.74) is 1.04. The Hall–Kier alpha value is -1.12. The van der Waals surface area contributed by atoms with Gasteiger partial charge in [-0.3, -0.25) is 0 Å². The first-order valence-corrected chi connectivity index (χ1v) is 6.66. The van der Waals surface area contributed by atoms with Gasteiger partial charge in [0.1, 0.15) is 11.6 Å². The molecule has 0 radical (unpaired) electrons. The van der Waals surface area contributed by atoms with Gasteiger partial charge >= 0.3 is 0 Å². The number of anilines is 1. The third kappa shape index (κ3) is 4.33. The van der Waals surface area contributed by atoms with Crippen LogP contribution in [0.3, 0.4) is 0 Å². The molecule has 0 fully saturated rings. The zero-order valence-electron chi connectivity index (χ0n) is 11.7. The molecule has 0 aliphatic carbocycles. The molecule has 0 spiro atoms. The van der Waals surface area contributed by atoms with Crippen molar-refractivity contribution in [3.8, 4) is 0 Å². The minimum absolute atomic E-state index is 0.378. The molecule has 17 heavy (non-hydrogen) atoms. The first kappa shape index (κ1) is 13.9. The monoisotopic (exact) mass is 235 g/mol. The molecule has 0 bridgehead atoms. The van der Waals surface area contributed by atoms with Gasteiger partial charge in [0, 0.05) is 24.2 Å². The van der Waals surface area contributed by atoms with E-state index >= 15 is 0 Å². The van der Waals surface area contributed by atoms with Crippen molar-refractivity contribution in [2.24, 2.45) is 5.92 Å². The first-order chi connectivity index (χ1) is 8.06. The lowest BCUT2D eigenvalue weighted by Gasteiger charge is -2.15. The lowest BCUT2D eigenvalue weighted by molar-refractivity contribution is 0.518. The highest BCUT2D eigenvalue weighted by Crippen LogP contribution is 2.15. The third-order valence-electron chi connectivity index (χ3n) is 3.11. The van der Waals surface area contributed by atoms with Crippen LogP contribution in [0.4, 0.5) is 5.82 Å². The SMILES string of the molecule is CCC(CC)CNc1cc(C)nc(C(C)C)n1. The average Bonchev–Trinajstić information content (AvgIpc) is 2.29. The fourth-order valence-corrected chi connectivity index (χ4v) is 1.77. The van der Waals surface area contributed by atoms with Crippen molar-refractivity contribution in [3.05, 3.63) is 17.6 Å². The van der Waals surface area contributed by atoms with E-state index in [1.807, 2.05) is 13.0 Å². The van der Waals surface area contributed by atoms with Crippen LogP contribution in [0.15, 0.2) is 6.07 Å². The van der Waals surface area contributed by atoms with E-state index in [1.165, 1.54) is 12.8 Å². The van der Waals surface area contributed by atoms with Crippen LogP contribution in [0.5, 0.6) is 0 Å². The first-order valence-electron chi connectivity index (χ1n) is 6.66. The Morgan fingerprint density at radius 2 is 1.82 bits per heavy atom. The van der Waals surface area contributed by atoms with Crippen molar-refractivity contribution < 1.29 is 0 Å². The lowest BCUT2D eigenvalue weighted by Crippen LogP contribution is -2.14. The number of hydrogen-bond donors (Lipinski definition) is 1. The number of aryl methyl sites for hydroxylation is 1. The molecule has 0 aliphatic rings. The zero-order chi connectivity index (χ0) is 12.8. The van der Waals surface area contributed by atoms with Crippen molar-refractivity contribution in [2.45, 2.75) is 53.4 Å². The second kappa shape index (κ2) is 6.58. The van der Waals surface area contributed by atoms with Crippen molar-refractivity contribution in [1.29, 1.82) is 0 Å². The molecule has 0 aliphatic heterocycles. The largest absolute Gasteiger partial charge is 0.370 e. The van der Waals surface area contributed by atoms with Crippen LogP contribution in [-0.2, 0) is 0 Å². The lowest BCUT2D eigenvalue weighted by atomic mass is 10.0. The van der Waals surface area contributed by atoms with E-state index in [2.05, 4.69) is 43.0 Å². The third-order valence-corrected chi connectivity index (χ3v) is 3.11. The molecule has 1 aromatic heterocycles. The topological polar surface area (TPSA) is 37.8 Å². The van der Waals surface area contributed by atoms with E-state index in [4.69, 9.17) is 0 Å². The summed E-state index contributed by atoms with van der Waals surface area (Å²) in [7, 11) is 0. The highest BCUT2D eigenvalue weighted by atomic mass is 15.0. The maximum atomic E-state index is 4.55. The number of nitrogens with one attached hydrogen (secondary N) is 1. The van der Waals surface area contributed by atoms with Crippen LogP contribution in [-0.4, -0.2) is 16.5 Å². The van der Waals surface area contributed by atoms with Crippen LogP contribution >= 0.6 is 0 Å². The minimum atomic E-state index is 0.378. The maximum Gasteiger partial charge on any atom is 0.133 e. The van der Waals surface area contributed by atoms with Gasteiger partial charge in [0.05, 0.1) is 0 Å². The zero-order valence-corrected chi connectivity index (χ0v) is 11.7. The summed E-state index contributed by atoms with van der Waals surface area (Å²) in [6, 6.07) is 2.02. The number of hydrogen-bond acceptors (Lipinski definition) is 3. The number of aromatic nitrogens is 2. The van der Waals surface area contributed by atoms with Crippen LogP contribution in [0.2, 0.25) is 0 Å². The van der Waals surface area contributed by atoms with Crippen molar-refractivity contribution in [2.75, 3.05) is 11.9 Å². The van der Waals surface area contributed by atoms with Gasteiger partial charge in [-0.1, -0.05) is 40.5 Å². The molecule has 0 aromatic carbocycles. The van der Waals surface area contributed by atoms with Crippen LogP contribution in [0.1, 0.15) is 58.0 Å². The van der Waals surface area contributed by atoms with E-state index in [-0.39, 0.29) is 0 Å². The molecule has 0 unspecified atom stereocenters. The van der Waals surface area contributed by atoms with Gasteiger partial charge in [-0.25, -0.2) is 9.97 Å². The highest BCUT2D eigenvalue weighted by Gasteiger charge is 2.07. The molecule has 1 aromatic rings. The molecule has 0 saturated heterocycles. The number of rotatable bonds is 6.